The number of aromatic amines is 1. The quantitative estimate of drug-likeness (QED) is 0.641. The number of rotatable bonds is 4. The minimum Gasteiger partial charge on any atom is -0.456 e. The van der Waals surface area contributed by atoms with Gasteiger partial charge in [-0.25, -0.2) is 5.10 Å². The summed E-state index contributed by atoms with van der Waals surface area (Å²) in [5.74, 6) is 0.980. The summed E-state index contributed by atoms with van der Waals surface area (Å²) in [6.45, 7) is 1.74. The summed E-state index contributed by atoms with van der Waals surface area (Å²) >= 11 is 18.2. The van der Waals surface area contributed by atoms with Crippen LogP contribution in [0.25, 0.3) is 0 Å². The van der Waals surface area contributed by atoms with Crippen molar-refractivity contribution >= 4 is 34.8 Å². The first-order valence-electron chi connectivity index (χ1n) is 7.38. The third-order valence-corrected chi connectivity index (χ3v) is 4.24. The second-order valence-electron chi connectivity index (χ2n) is 5.52. The van der Waals surface area contributed by atoms with E-state index in [1.54, 1.807) is 37.3 Å². The van der Waals surface area contributed by atoms with Crippen LogP contribution >= 0.6 is 34.8 Å². The summed E-state index contributed by atoms with van der Waals surface area (Å²) in [6.07, 6.45) is 0.529. The first-order valence-corrected chi connectivity index (χ1v) is 8.51. The highest BCUT2D eigenvalue weighted by molar-refractivity contribution is 6.34. The summed E-state index contributed by atoms with van der Waals surface area (Å²) in [5, 5.41) is 7.93. The zero-order valence-electron chi connectivity index (χ0n) is 13.1. The summed E-state index contributed by atoms with van der Waals surface area (Å²) in [5.41, 5.74) is 2.10. The van der Waals surface area contributed by atoms with Crippen LogP contribution in [0.2, 0.25) is 15.1 Å². The summed E-state index contributed by atoms with van der Waals surface area (Å²) in [4.78, 5) is 11.4. The normalized spacial score (nSPS) is 10.7. The molecule has 128 valence electrons. The van der Waals surface area contributed by atoms with Crippen LogP contribution in [0.15, 0.2) is 47.3 Å². The Morgan fingerprint density at radius 2 is 1.76 bits per heavy atom. The van der Waals surface area contributed by atoms with Crippen LogP contribution in [0.5, 0.6) is 11.5 Å². The molecule has 0 saturated carbocycles. The molecule has 0 bridgehead atoms. The van der Waals surface area contributed by atoms with Gasteiger partial charge in [0.25, 0.3) is 5.56 Å². The van der Waals surface area contributed by atoms with Gasteiger partial charge in [-0.3, -0.25) is 4.79 Å². The maximum atomic E-state index is 11.4. The predicted molar refractivity (Wildman–Crippen MR) is 100 cm³/mol. The number of ether oxygens (including phenoxy) is 1. The molecule has 0 aliphatic rings. The monoisotopic (exact) mass is 394 g/mol. The average Bonchev–Trinajstić information content (AvgIpc) is 2.53. The summed E-state index contributed by atoms with van der Waals surface area (Å²) in [7, 11) is 0. The number of nitrogens with one attached hydrogen (secondary N) is 1. The molecule has 3 aromatic rings. The third-order valence-electron chi connectivity index (χ3n) is 3.49. The molecule has 0 atom stereocenters. The Hall–Kier alpha value is -2.01. The number of nitrogens with zero attached hydrogens (tertiary/aromatic N) is 1. The van der Waals surface area contributed by atoms with Gasteiger partial charge in [0.2, 0.25) is 0 Å². The first-order chi connectivity index (χ1) is 11.9. The van der Waals surface area contributed by atoms with Crippen LogP contribution in [-0.4, -0.2) is 10.2 Å². The zero-order valence-corrected chi connectivity index (χ0v) is 15.4. The van der Waals surface area contributed by atoms with Gasteiger partial charge in [0.1, 0.15) is 11.5 Å². The first kappa shape index (κ1) is 17.8. The van der Waals surface area contributed by atoms with Crippen LogP contribution < -0.4 is 10.3 Å². The molecular weight excluding hydrogens is 383 g/mol. The summed E-state index contributed by atoms with van der Waals surface area (Å²) in [6, 6.07) is 12.1. The van der Waals surface area contributed by atoms with E-state index >= 15 is 0 Å². The van der Waals surface area contributed by atoms with Crippen molar-refractivity contribution in [2.24, 2.45) is 0 Å². The number of aryl methyl sites for hydroxylation is 1. The van der Waals surface area contributed by atoms with Crippen molar-refractivity contribution in [3.8, 4) is 11.5 Å². The fourth-order valence-electron chi connectivity index (χ4n) is 2.31. The topological polar surface area (TPSA) is 55.0 Å². The van der Waals surface area contributed by atoms with Gasteiger partial charge in [0, 0.05) is 22.0 Å². The van der Waals surface area contributed by atoms with E-state index in [1.165, 1.54) is 0 Å². The van der Waals surface area contributed by atoms with E-state index in [9.17, 15) is 4.79 Å². The highest BCUT2D eigenvalue weighted by Gasteiger charge is 2.08. The lowest BCUT2D eigenvalue weighted by atomic mass is 10.1. The Labute approximate surface area is 159 Å². The minimum atomic E-state index is -0.193. The van der Waals surface area contributed by atoms with E-state index in [-0.39, 0.29) is 5.56 Å². The van der Waals surface area contributed by atoms with Crippen LogP contribution in [0.3, 0.4) is 0 Å². The molecule has 25 heavy (non-hydrogen) atoms. The molecule has 0 amide bonds. The molecule has 0 fully saturated rings. The number of hydrogen-bond acceptors (Lipinski definition) is 3. The minimum absolute atomic E-state index is 0.193. The van der Waals surface area contributed by atoms with Crippen molar-refractivity contribution < 1.29 is 4.74 Å². The molecule has 1 aromatic heterocycles. The number of halogens is 3. The van der Waals surface area contributed by atoms with Crippen molar-refractivity contribution in [3.05, 3.63) is 84.7 Å². The fourth-order valence-corrected chi connectivity index (χ4v) is 2.97. The summed E-state index contributed by atoms with van der Waals surface area (Å²) < 4.78 is 5.81. The van der Waals surface area contributed by atoms with Gasteiger partial charge in [0.05, 0.1) is 10.7 Å². The van der Waals surface area contributed by atoms with E-state index in [2.05, 4.69) is 10.2 Å². The molecule has 4 nitrogen and oxygen atoms in total. The van der Waals surface area contributed by atoms with Gasteiger partial charge in [-0.15, -0.1) is 0 Å². The Morgan fingerprint density at radius 1 is 1.04 bits per heavy atom. The average molecular weight is 396 g/mol. The highest BCUT2D eigenvalue weighted by Crippen LogP contribution is 2.33. The van der Waals surface area contributed by atoms with Crippen LogP contribution in [0.4, 0.5) is 0 Å². The lowest BCUT2D eigenvalue weighted by molar-refractivity contribution is 0.482. The lowest BCUT2D eigenvalue weighted by Gasteiger charge is -2.10. The van der Waals surface area contributed by atoms with Gasteiger partial charge in [-0.05, 0) is 48.9 Å². The van der Waals surface area contributed by atoms with Crippen molar-refractivity contribution in [2.75, 3.05) is 0 Å². The van der Waals surface area contributed by atoms with Crippen LogP contribution in [0, 0.1) is 6.92 Å². The SMILES string of the molecule is Cc1cc(Cc2ccc(Cl)c(Oc3cc(Cl)cc(Cl)c3)c2)n[nH]c1=O. The van der Waals surface area contributed by atoms with Crippen molar-refractivity contribution in [3.63, 3.8) is 0 Å². The smallest absolute Gasteiger partial charge is 0.267 e. The van der Waals surface area contributed by atoms with Gasteiger partial charge in [0.15, 0.2) is 0 Å². The second-order valence-corrected chi connectivity index (χ2v) is 6.80. The number of H-pyrrole nitrogens is 1. The molecule has 1 heterocycles. The molecule has 0 aliphatic carbocycles. The van der Waals surface area contributed by atoms with E-state index < -0.39 is 0 Å². The van der Waals surface area contributed by atoms with Gasteiger partial charge in [-0.1, -0.05) is 40.9 Å². The maximum absolute atomic E-state index is 11.4. The Balaban J connectivity index is 1.87. The highest BCUT2D eigenvalue weighted by atomic mass is 35.5. The zero-order chi connectivity index (χ0) is 18.0. The Bertz CT molecular complexity index is 966. The van der Waals surface area contributed by atoms with Crippen molar-refractivity contribution in [1.82, 2.24) is 10.2 Å². The molecule has 1 N–H and O–H groups in total. The number of benzene rings is 2. The van der Waals surface area contributed by atoms with Crippen molar-refractivity contribution in [1.29, 1.82) is 0 Å². The van der Waals surface area contributed by atoms with Crippen molar-refractivity contribution in [2.45, 2.75) is 13.3 Å². The Kier molecular flexibility index (Phi) is 5.33. The third kappa shape index (κ3) is 4.54. The number of aromatic nitrogens is 2. The lowest BCUT2D eigenvalue weighted by Crippen LogP contribution is -2.12. The molecule has 2 aromatic carbocycles. The fraction of sp³-hybridized carbons (Fsp3) is 0.111. The van der Waals surface area contributed by atoms with E-state index in [1.807, 2.05) is 12.1 Å². The molecule has 0 unspecified atom stereocenters. The van der Waals surface area contributed by atoms with Crippen LogP contribution in [-0.2, 0) is 6.42 Å². The Morgan fingerprint density at radius 3 is 2.44 bits per heavy atom. The molecule has 7 heteroatoms. The molecule has 0 saturated heterocycles. The van der Waals surface area contributed by atoms with E-state index in [4.69, 9.17) is 39.5 Å². The van der Waals surface area contributed by atoms with Crippen LogP contribution in [0.1, 0.15) is 16.8 Å². The van der Waals surface area contributed by atoms with E-state index in [0.717, 1.165) is 11.3 Å². The van der Waals surface area contributed by atoms with Gasteiger partial charge >= 0.3 is 0 Å². The second kappa shape index (κ2) is 7.48. The largest absolute Gasteiger partial charge is 0.456 e. The standard InChI is InChI=1S/C18H13Cl3N2O2/c1-10-4-14(22-23-18(10)24)5-11-2-3-16(21)17(6-11)25-15-8-12(19)7-13(20)9-15/h2-4,6-9H,5H2,1H3,(H,23,24). The molecule has 3 rings (SSSR count). The molecule has 0 aliphatic heterocycles. The van der Waals surface area contributed by atoms with Gasteiger partial charge in [-0.2, -0.15) is 5.10 Å². The molecule has 0 radical (unpaired) electrons. The number of hydrogen-bond donors (Lipinski definition) is 1. The van der Waals surface area contributed by atoms with E-state index in [0.29, 0.717) is 38.6 Å². The maximum Gasteiger partial charge on any atom is 0.267 e. The van der Waals surface area contributed by atoms with Gasteiger partial charge < -0.3 is 4.74 Å². The molecule has 0 spiro atoms. The predicted octanol–water partition coefficient (Wildman–Crippen LogP) is 5.42. The molecular formula is C18H13Cl3N2O2.